The molecular weight excluding hydrogens is 418 g/mol. The molecule has 9 heteroatoms. The molecule has 3 aromatic rings. The summed E-state index contributed by atoms with van der Waals surface area (Å²) in [5.74, 6) is -1.65. The number of para-hydroxylation sites is 1. The standard InChI is InChI=1S/C22H23N3O5S/c1-31-12-11-17(21(28)29)23-19(26)18(13-14-7-3-2-4-8-14)25-20(27)15-9-5-6-10-16(15)24-22(25)30/h2-10,17-18H,11-13H2,1H3,(H,23,26)(H,24,30)(H,28,29)/p-1/t17-,18+/m0/s1. The highest BCUT2D eigenvalue weighted by Gasteiger charge is 2.27. The van der Waals surface area contributed by atoms with Crippen molar-refractivity contribution in [3.8, 4) is 0 Å². The summed E-state index contributed by atoms with van der Waals surface area (Å²) in [7, 11) is 0. The van der Waals surface area contributed by atoms with Crippen LogP contribution in [0.2, 0.25) is 0 Å². The molecule has 0 aliphatic rings. The van der Waals surface area contributed by atoms with E-state index in [1.54, 1.807) is 48.5 Å². The molecule has 0 unspecified atom stereocenters. The maximum Gasteiger partial charge on any atom is 0.329 e. The number of aromatic nitrogens is 2. The summed E-state index contributed by atoms with van der Waals surface area (Å²) in [5, 5.41) is 14.2. The van der Waals surface area contributed by atoms with Crippen molar-refractivity contribution in [1.29, 1.82) is 0 Å². The second-order valence-corrected chi connectivity index (χ2v) is 8.00. The second kappa shape index (κ2) is 10.1. The van der Waals surface area contributed by atoms with Crippen molar-refractivity contribution in [3.05, 3.63) is 81.0 Å². The molecule has 1 heterocycles. The number of aliphatic carboxylic acids is 1. The van der Waals surface area contributed by atoms with Gasteiger partial charge >= 0.3 is 5.69 Å². The summed E-state index contributed by atoms with van der Waals surface area (Å²) in [6.45, 7) is 0. The third-order valence-electron chi connectivity index (χ3n) is 4.93. The number of nitrogens with zero attached hydrogens (tertiary/aromatic N) is 1. The van der Waals surface area contributed by atoms with Gasteiger partial charge in [-0.2, -0.15) is 11.8 Å². The van der Waals surface area contributed by atoms with Crippen LogP contribution in [0.25, 0.3) is 10.9 Å². The number of carboxylic acids is 1. The Morgan fingerprint density at radius 1 is 1.10 bits per heavy atom. The van der Waals surface area contributed by atoms with Crippen LogP contribution in [0.5, 0.6) is 0 Å². The Morgan fingerprint density at radius 3 is 2.45 bits per heavy atom. The van der Waals surface area contributed by atoms with Gasteiger partial charge < -0.3 is 20.2 Å². The van der Waals surface area contributed by atoms with Gasteiger partial charge in [-0.1, -0.05) is 42.5 Å². The quantitative estimate of drug-likeness (QED) is 0.498. The van der Waals surface area contributed by atoms with Gasteiger partial charge in [-0.25, -0.2) is 9.36 Å². The van der Waals surface area contributed by atoms with Crippen LogP contribution in [0.15, 0.2) is 64.2 Å². The number of H-pyrrole nitrogens is 1. The number of amides is 1. The molecule has 162 valence electrons. The molecule has 1 amide bonds. The van der Waals surface area contributed by atoms with Gasteiger partial charge in [0.15, 0.2) is 0 Å². The average molecular weight is 441 g/mol. The Morgan fingerprint density at radius 2 is 1.77 bits per heavy atom. The molecule has 8 nitrogen and oxygen atoms in total. The first-order valence-electron chi connectivity index (χ1n) is 9.70. The van der Waals surface area contributed by atoms with Crippen LogP contribution >= 0.6 is 11.8 Å². The molecule has 3 rings (SSSR count). The van der Waals surface area contributed by atoms with E-state index in [0.29, 0.717) is 11.3 Å². The number of fused-ring (bicyclic) bond motifs is 1. The highest BCUT2D eigenvalue weighted by atomic mass is 32.2. The number of carboxylic acid groups (broad SMARTS) is 1. The van der Waals surface area contributed by atoms with Crippen LogP contribution < -0.4 is 21.7 Å². The summed E-state index contributed by atoms with van der Waals surface area (Å²) in [6.07, 6.45) is 2.02. The minimum atomic E-state index is -1.42. The lowest BCUT2D eigenvalue weighted by atomic mass is 10.0. The molecule has 0 aliphatic heterocycles. The molecule has 0 saturated heterocycles. The van der Waals surface area contributed by atoms with Gasteiger partial charge in [0.2, 0.25) is 5.91 Å². The minimum Gasteiger partial charge on any atom is -0.548 e. The minimum absolute atomic E-state index is 0.0380. The summed E-state index contributed by atoms with van der Waals surface area (Å²) < 4.78 is 0.853. The number of thioether (sulfide) groups is 1. The van der Waals surface area contributed by atoms with Crippen molar-refractivity contribution >= 4 is 34.5 Å². The first-order chi connectivity index (χ1) is 14.9. The van der Waals surface area contributed by atoms with E-state index in [1.807, 2.05) is 12.3 Å². The number of benzene rings is 2. The molecule has 1 aromatic heterocycles. The normalized spacial score (nSPS) is 12.9. The molecular formula is C22H22N3O5S-. The van der Waals surface area contributed by atoms with E-state index < -0.39 is 35.2 Å². The predicted molar refractivity (Wildman–Crippen MR) is 118 cm³/mol. The fourth-order valence-corrected chi connectivity index (χ4v) is 3.82. The maximum absolute atomic E-state index is 13.1. The Labute approximate surface area is 182 Å². The Balaban J connectivity index is 2.06. The summed E-state index contributed by atoms with van der Waals surface area (Å²) >= 11 is 1.44. The lowest BCUT2D eigenvalue weighted by molar-refractivity contribution is -0.308. The number of aromatic amines is 1. The van der Waals surface area contributed by atoms with Crippen molar-refractivity contribution in [2.24, 2.45) is 0 Å². The van der Waals surface area contributed by atoms with Gasteiger partial charge in [0, 0.05) is 6.42 Å². The van der Waals surface area contributed by atoms with Crippen LogP contribution in [0.4, 0.5) is 0 Å². The summed E-state index contributed by atoms with van der Waals surface area (Å²) in [6, 6.07) is 12.9. The van der Waals surface area contributed by atoms with Crippen molar-refractivity contribution < 1.29 is 14.7 Å². The largest absolute Gasteiger partial charge is 0.548 e. The lowest BCUT2D eigenvalue weighted by Gasteiger charge is -2.24. The Bertz CT molecular complexity index is 1190. The lowest BCUT2D eigenvalue weighted by Crippen LogP contribution is -2.52. The van der Waals surface area contributed by atoms with Crippen LogP contribution in [-0.2, 0) is 16.0 Å². The third-order valence-corrected chi connectivity index (χ3v) is 5.58. The monoisotopic (exact) mass is 440 g/mol. The molecule has 0 spiro atoms. The molecule has 0 aliphatic carbocycles. The topological polar surface area (TPSA) is 124 Å². The number of hydrogen-bond donors (Lipinski definition) is 2. The predicted octanol–water partition coefficient (Wildman–Crippen LogP) is 0.461. The van der Waals surface area contributed by atoms with Crippen molar-refractivity contribution in [2.45, 2.75) is 24.9 Å². The smallest absolute Gasteiger partial charge is 0.329 e. The summed E-state index contributed by atoms with van der Waals surface area (Å²) in [4.78, 5) is 53.2. The van der Waals surface area contributed by atoms with E-state index >= 15 is 0 Å². The SMILES string of the molecule is CSCC[C@H](NC(=O)[C@@H](Cc1ccccc1)n1c(=O)[nH]c2ccccc2c1=O)C(=O)[O-]. The molecule has 0 radical (unpaired) electrons. The third kappa shape index (κ3) is 5.24. The fraction of sp³-hybridized carbons (Fsp3) is 0.273. The molecule has 2 atom stereocenters. The van der Waals surface area contributed by atoms with E-state index in [-0.39, 0.29) is 18.2 Å². The average Bonchev–Trinajstić information content (AvgIpc) is 2.76. The summed E-state index contributed by atoms with van der Waals surface area (Å²) in [5.41, 5.74) is -0.283. The fourth-order valence-electron chi connectivity index (χ4n) is 3.35. The zero-order chi connectivity index (χ0) is 22.4. The van der Waals surface area contributed by atoms with Crippen molar-refractivity contribution in [3.63, 3.8) is 0 Å². The second-order valence-electron chi connectivity index (χ2n) is 7.02. The first-order valence-corrected chi connectivity index (χ1v) is 11.1. The van der Waals surface area contributed by atoms with E-state index in [4.69, 9.17) is 0 Å². The number of carbonyl (C=O) groups excluding carboxylic acids is 2. The number of carbonyl (C=O) groups is 2. The first kappa shape index (κ1) is 22.4. The van der Waals surface area contributed by atoms with Gasteiger partial charge in [0.25, 0.3) is 5.56 Å². The van der Waals surface area contributed by atoms with E-state index in [9.17, 15) is 24.3 Å². The van der Waals surface area contributed by atoms with Crippen molar-refractivity contribution in [1.82, 2.24) is 14.9 Å². The van der Waals surface area contributed by atoms with Gasteiger partial charge in [-0.05, 0) is 36.1 Å². The van der Waals surface area contributed by atoms with Crippen LogP contribution in [0.3, 0.4) is 0 Å². The van der Waals surface area contributed by atoms with Gasteiger partial charge in [-0.3, -0.25) is 9.59 Å². The van der Waals surface area contributed by atoms with Gasteiger partial charge in [-0.15, -0.1) is 0 Å². The highest BCUT2D eigenvalue weighted by molar-refractivity contribution is 7.98. The Hall–Kier alpha value is -3.33. The molecule has 0 bridgehead atoms. The zero-order valence-corrected chi connectivity index (χ0v) is 17.7. The number of nitrogens with one attached hydrogen (secondary N) is 2. The van der Waals surface area contributed by atoms with Gasteiger partial charge in [0.05, 0.1) is 22.9 Å². The number of rotatable bonds is 9. The Kier molecular flexibility index (Phi) is 7.30. The molecule has 31 heavy (non-hydrogen) atoms. The molecule has 0 fully saturated rings. The molecule has 0 saturated carbocycles. The number of hydrogen-bond acceptors (Lipinski definition) is 6. The van der Waals surface area contributed by atoms with E-state index in [0.717, 1.165) is 10.1 Å². The molecule has 2 aromatic carbocycles. The highest BCUT2D eigenvalue weighted by Crippen LogP contribution is 2.14. The van der Waals surface area contributed by atoms with Gasteiger partial charge in [0.1, 0.15) is 6.04 Å². The zero-order valence-electron chi connectivity index (χ0n) is 16.9. The van der Waals surface area contributed by atoms with E-state index in [2.05, 4.69) is 10.3 Å². The molecule has 2 N–H and O–H groups in total. The van der Waals surface area contributed by atoms with Crippen molar-refractivity contribution in [2.75, 3.05) is 12.0 Å². The van der Waals surface area contributed by atoms with Crippen LogP contribution in [-0.4, -0.2) is 39.5 Å². The van der Waals surface area contributed by atoms with Crippen LogP contribution in [0.1, 0.15) is 18.0 Å². The van der Waals surface area contributed by atoms with Crippen LogP contribution in [0, 0.1) is 0 Å². The van der Waals surface area contributed by atoms with E-state index in [1.165, 1.54) is 11.8 Å². The maximum atomic E-state index is 13.1.